The van der Waals surface area contributed by atoms with Gasteiger partial charge in [0.2, 0.25) is 17.7 Å². The highest BCUT2D eigenvalue weighted by atomic mass is 35.5. The molecule has 1 fully saturated rings. The second-order valence-electron chi connectivity index (χ2n) is 14.0. The van der Waals surface area contributed by atoms with Crippen LogP contribution in [-0.2, 0) is 20.9 Å². The molecule has 0 bridgehead atoms. The Labute approximate surface area is 328 Å². The maximum Gasteiger partial charge on any atom is 0.255 e. The van der Waals surface area contributed by atoms with E-state index in [1.165, 1.54) is 5.57 Å². The van der Waals surface area contributed by atoms with Crippen molar-refractivity contribution >= 4 is 52.1 Å². The summed E-state index contributed by atoms with van der Waals surface area (Å²) in [5, 5.41) is 5.82. The molecule has 0 spiro atoms. The molecule has 1 saturated heterocycles. The number of benzene rings is 4. The number of anilines is 1. The first-order valence-electron chi connectivity index (χ1n) is 19.2. The Kier molecular flexibility index (Phi) is 13.8. The summed E-state index contributed by atoms with van der Waals surface area (Å²) in [4.78, 5) is 53.2. The van der Waals surface area contributed by atoms with Crippen LogP contribution in [0.3, 0.4) is 0 Å². The number of hydrogen-bond acceptors (Lipinski definition) is 6. The number of alkyl halides is 1. The number of nitrogens with one attached hydrogen (secondary N) is 2. The molecule has 4 aromatic rings. The maximum atomic E-state index is 13.1. The van der Waals surface area contributed by atoms with Gasteiger partial charge in [-0.1, -0.05) is 91.7 Å². The molecule has 0 aliphatic carbocycles. The summed E-state index contributed by atoms with van der Waals surface area (Å²) in [5.74, 6) is 0.496. The number of amides is 4. The van der Waals surface area contributed by atoms with E-state index in [1.54, 1.807) is 15.9 Å². The molecular weight excluding hydrogens is 712 g/mol. The van der Waals surface area contributed by atoms with E-state index in [9.17, 15) is 19.2 Å². The zero-order valence-electron chi connectivity index (χ0n) is 31.4. The van der Waals surface area contributed by atoms with Gasteiger partial charge in [0.15, 0.2) is 0 Å². The average molecular weight is 761 g/mol. The fourth-order valence-electron chi connectivity index (χ4n) is 7.33. The van der Waals surface area contributed by atoms with Gasteiger partial charge in [-0.05, 0) is 77.8 Å². The fraction of sp³-hybridized carbons (Fsp3) is 0.333. The highest BCUT2D eigenvalue weighted by Crippen LogP contribution is 2.36. The van der Waals surface area contributed by atoms with Crippen molar-refractivity contribution in [2.75, 3.05) is 37.9 Å². The largest absolute Gasteiger partial charge is 0.492 e. The van der Waals surface area contributed by atoms with Crippen LogP contribution in [0.4, 0.5) is 5.69 Å². The Bertz CT molecular complexity index is 1980. The Balaban J connectivity index is 0.912. The number of rotatable bonds is 18. The molecule has 6 rings (SSSR count). The van der Waals surface area contributed by atoms with Crippen molar-refractivity contribution in [3.63, 3.8) is 0 Å². The predicted molar refractivity (Wildman–Crippen MR) is 218 cm³/mol. The van der Waals surface area contributed by atoms with Crippen LogP contribution in [0, 0.1) is 0 Å². The summed E-state index contributed by atoms with van der Waals surface area (Å²) in [6.07, 6.45) is 5.45. The number of hydrogen-bond donors (Lipinski definition) is 2. The Morgan fingerprint density at radius 3 is 2.24 bits per heavy atom. The number of imide groups is 1. The standard InChI is InChI=1S/C45H49ClN4O5/c1-49(29-30-55-35-22-20-34(21-23-35)43(33-15-8-5-9-16-33)36(26-27-46)32-13-6-4-7-14-32)42(52)19-10-2-3-11-28-47-39-18-12-17-37-38(39)31-50(45(37)54)40-24-25-41(51)48-44(40)53/h4-9,12-18,20-23,40,47H,2-3,10-11,19,24-31H2,1H3,(H,48,51,53)/b43-36-. The number of carbonyl (C=O) groups is 4. The van der Waals surface area contributed by atoms with Crippen molar-refractivity contribution in [3.8, 4) is 5.75 Å². The zero-order chi connectivity index (χ0) is 38.6. The molecule has 0 radical (unpaired) electrons. The lowest BCUT2D eigenvalue weighted by Crippen LogP contribution is -2.52. The number of ether oxygens (including phenoxy) is 1. The average Bonchev–Trinajstić information content (AvgIpc) is 3.54. The lowest BCUT2D eigenvalue weighted by Gasteiger charge is -2.29. The first-order chi connectivity index (χ1) is 26.8. The van der Waals surface area contributed by atoms with Crippen molar-refractivity contribution in [3.05, 3.63) is 131 Å². The van der Waals surface area contributed by atoms with Gasteiger partial charge < -0.3 is 19.9 Å². The second-order valence-corrected chi connectivity index (χ2v) is 14.4. The van der Waals surface area contributed by atoms with Crippen LogP contribution in [0.25, 0.3) is 11.1 Å². The van der Waals surface area contributed by atoms with Crippen molar-refractivity contribution < 1.29 is 23.9 Å². The molecule has 2 N–H and O–H groups in total. The number of likely N-dealkylation sites (N-methyl/N-ethyl adjacent to an activating group) is 1. The monoisotopic (exact) mass is 760 g/mol. The second kappa shape index (κ2) is 19.3. The van der Waals surface area contributed by atoms with E-state index in [1.807, 2.05) is 43.4 Å². The molecular formula is C45H49ClN4O5. The van der Waals surface area contributed by atoms with Crippen molar-refractivity contribution in [1.82, 2.24) is 15.1 Å². The van der Waals surface area contributed by atoms with E-state index in [0.717, 1.165) is 77.9 Å². The minimum atomic E-state index is -0.629. The van der Waals surface area contributed by atoms with Crippen molar-refractivity contribution in [2.24, 2.45) is 0 Å². The minimum Gasteiger partial charge on any atom is -0.492 e. The smallest absolute Gasteiger partial charge is 0.255 e. The normalized spacial score (nSPS) is 15.6. The van der Waals surface area contributed by atoms with Crippen LogP contribution in [0.2, 0.25) is 0 Å². The zero-order valence-corrected chi connectivity index (χ0v) is 32.2. The summed E-state index contributed by atoms with van der Waals surface area (Å²) >= 11 is 6.31. The summed E-state index contributed by atoms with van der Waals surface area (Å²) in [5.41, 5.74) is 8.10. The van der Waals surface area contributed by atoms with Crippen LogP contribution < -0.4 is 15.4 Å². The van der Waals surface area contributed by atoms with E-state index < -0.39 is 11.9 Å². The molecule has 286 valence electrons. The Hall–Kier alpha value is -5.41. The van der Waals surface area contributed by atoms with Crippen LogP contribution in [0.15, 0.2) is 103 Å². The molecule has 2 heterocycles. The number of allylic oxidation sites excluding steroid dienone is 1. The minimum absolute atomic E-state index is 0.104. The third-order valence-corrected chi connectivity index (χ3v) is 10.5. The number of unbranched alkanes of at least 4 members (excludes halogenated alkanes) is 3. The Morgan fingerprint density at radius 1 is 0.836 bits per heavy atom. The summed E-state index contributed by atoms with van der Waals surface area (Å²) in [6, 6.07) is 33.9. The van der Waals surface area contributed by atoms with Crippen molar-refractivity contribution in [1.29, 1.82) is 0 Å². The maximum absolute atomic E-state index is 13.1. The van der Waals surface area contributed by atoms with Crippen LogP contribution in [-0.4, -0.2) is 72.1 Å². The van der Waals surface area contributed by atoms with Crippen molar-refractivity contribution in [2.45, 2.75) is 64.0 Å². The Morgan fingerprint density at radius 2 is 1.53 bits per heavy atom. The molecule has 4 amide bonds. The number of piperidine rings is 1. The highest BCUT2D eigenvalue weighted by Gasteiger charge is 2.39. The number of carbonyl (C=O) groups excluding carboxylic acids is 4. The van der Waals surface area contributed by atoms with Gasteiger partial charge in [0.05, 0.1) is 6.54 Å². The molecule has 4 aromatic carbocycles. The van der Waals surface area contributed by atoms with Gasteiger partial charge in [-0.15, -0.1) is 11.6 Å². The molecule has 0 aromatic heterocycles. The molecule has 1 atom stereocenters. The molecule has 0 saturated carbocycles. The first kappa shape index (κ1) is 39.3. The third kappa shape index (κ3) is 10.0. The van der Waals surface area contributed by atoms with Crippen LogP contribution in [0.1, 0.15) is 84.0 Å². The number of halogens is 1. The van der Waals surface area contributed by atoms with Gasteiger partial charge in [0, 0.05) is 55.7 Å². The predicted octanol–water partition coefficient (Wildman–Crippen LogP) is 7.94. The molecule has 2 aliphatic rings. The fourth-order valence-corrected chi connectivity index (χ4v) is 7.52. The van der Waals surface area contributed by atoms with Gasteiger partial charge in [0.25, 0.3) is 5.91 Å². The first-order valence-corrected chi connectivity index (χ1v) is 19.7. The molecule has 9 nitrogen and oxygen atoms in total. The van der Waals surface area contributed by atoms with Gasteiger partial charge in [-0.3, -0.25) is 24.5 Å². The molecule has 1 unspecified atom stereocenters. The van der Waals surface area contributed by atoms with E-state index in [4.69, 9.17) is 16.3 Å². The van der Waals surface area contributed by atoms with E-state index >= 15 is 0 Å². The van der Waals surface area contributed by atoms with Gasteiger partial charge in [-0.2, -0.15) is 0 Å². The van der Waals surface area contributed by atoms with Gasteiger partial charge in [0.1, 0.15) is 18.4 Å². The molecule has 55 heavy (non-hydrogen) atoms. The van der Waals surface area contributed by atoms with E-state index in [0.29, 0.717) is 44.0 Å². The lowest BCUT2D eigenvalue weighted by molar-refractivity contribution is -0.137. The quantitative estimate of drug-likeness (QED) is 0.0462. The lowest BCUT2D eigenvalue weighted by atomic mass is 9.88. The van der Waals surface area contributed by atoms with Gasteiger partial charge in [-0.25, -0.2) is 0 Å². The molecule has 10 heteroatoms. The number of nitrogens with zero attached hydrogens (tertiary/aromatic N) is 2. The number of fused-ring (bicyclic) bond motifs is 1. The van der Waals surface area contributed by atoms with Gasteiger partial charge >= 0.3 is 0 Å². The molecule has 2 aliphatic heterocycles. The third-order valence-electron chi connectivity index (χ3n) is 10.3. The summed E-state index contributed by atoms with van der Waals surface area (Å²) in [6.45, 7) is 1.98. The summed E-state index contributed by atoms with van der Waals surface area (Å²) in [7, 11) is 1.82. The topological polar surface area (TPSA) is 108 Å². The SMILES string of the molecule is CN(CCOc1ccc(/C(=C(/CCCl)c2ccccc2)c2ccccc2)cc1)C(=O)CCCCCCNc1cccc2c1CN(C1CCC(=O)NC1=O)C2=O. The summed E-state index contributed by atoms with van der Waals surface area (Å²) < 4.78 is 6.06. The highest BCUT2D eigenvalue weighted by molar-refractivity contribution is 6.18. The van der Waals surface area contributed by atoms with Crippen LogP contribution in [0.5, 0.6) is 5.75 Å². The van der Waals surface area contributed by atoms with E-state index in [-0.39, 0.29) is 24.1 Å². The van der Waals surface area contributed by atoms with Crippen LogP contribution >= 0.6 is 11.6 Å². The van der Waals surface area contributed by atoms with E-state index in [2.05, 4.69) is 71.3 Å².